The summed E-state index contributed by atoms with van der Waals surface area (Å²) >= 11 is 0. The Morgan fingerprint density at radius 2 is 2.00 bits per heavy atom. The smallest absolute Gasteiger partial charge is 0.417 e. The highest BCUT2D eigenvalue weighted by Crippen LogP contribution is 2.24. The van der Waals surface area contributed by atoms with Gasteiger partial charge in [0, 0.05) is 0 Å². The zero-order valence-corrected chi connectivity index (χ0v) is 10.9. The molecule has 0 saturated carbocycles. The molecule has 0 bridgehead atoms. The van der Waals surface area contributed by atoms with Crippen molar-refractivity contribution >= 4 is 12.0 Å². The van der Waals surface area contributed by atoms with Crippen molar-refractivity contribution in [3.05, 3.63) is 35.9 Å². The van der Waals surface area contributed by atoms with Crippen LogP contribution in [0.4, 0.5) is 4.79 Å². The number of imide groups is 1. The third kappa shape index (κ3) is 2.61. The Bertz CT molecular complexity index is 472. The molecule has 1 aliphatic rings. The fourth-order valence-electron chi connectivity index (χ4n) is 2.09. The highest BCUT2D eigenvalue weighted by molar-refractivity contribution is 5.96. The lowest BCUT2D eigenvalue weighted by molar-refractivity contribution is -0.139. The number of hydrogen-bond acceptors (Lipinski definition) is 4. The SMILES string of the molecule is CC(C)[C@H]1COC(=O)N1C(=O)[C@@H](O)c1ccccc1. The molecule has 2 atom stereocenters. The van der Waals surface area contributed by atoms with Crippen molar-refractivity contribution in [3.63, 3.8) is 0 Å². The summed E-state index contributed by atoms with van der Waals surface area (Å²) in [5.74, 6) is -0.550. The monoisotopic (exact) mass is 263 g/mol. The Labute approximate surface area is 111 Å². The predicted molar refractivity (Wildman–Crippen MR) is 68.2 cm³/mol. The van der Waals surface area contributed by atoms with Crippen LogP contribution in [0.3, 0.4) is 0 Å². The van der Waals surface area contributed by atoms with Crippen molar-refractivity contribution in [1.82, 2.24) is 4.90 Å². The van der Waals surface area contributed by atoms with Crippen molar-refractivity contribution in [3.8, 4) is 0 Å². The van der Waals surface area contributed by atoms with Crippen LogP contribution in [0.5, 0.6) is 0 Å². The number of benzene rings is 1. The average molecular weight is 263 g/mol. The van der Waals surface area contributed by atoms with Crippen LogP contribution in [-0.4, -0.2) is 34.7 Å². The first kappa shape index (κ1) is 13.5. The van der Waals surface area contributed by atoms with Crippen molar-refractivity contribution in [2.45, 2.75) is 26.0 Å². The van der Waals surface area contributed by atoms with Crippen molar-refractivity contribution < 1.29 is 19.4 Å². The second-order valence-electron chi connectivity index (χ2n) is 4.91. The third-order valence-corrected chi connectivity index (χ3v) is 3.26. The van der Waals surface area contributed by atoms with Crippen molar-refractivity contribution in [2.24, 2.45) is 5.92 Å². The van der Waals surface area contributed by atoms with Crippen LogP contribution < -0.4 is 0 Å². The standard InChI is InChI=1S/C14H17NO4/c1-9(2)11-8-19-14(18)15(11)13(17)12(16)10-6-4-3-5-7-10/h3-7,9,11-12,16H,8H2,1-2H3/t11-,12+/m1/s1. The molecule has 5 heteroatoms. The van der Waals surface area contributed by atoms with Gasteiger partial charge in [-0.1, -0.05) is 44.2 Å². The quantitative estimate of drug-likeness (QED) is 0.901. The van der Waals surface area contributed by atoms with Gasteiger partial charge in [0.1, 0.15) is 6.61 Å². The van der Waals surface area contributed by atoms with E-state index in [0.717, 1.165) is 4.90 Å². The molecular formula is C14H17NO4. The highest BCUT2D eigenvalue weighted by Gasteiger charge is 2.42. The van der Waals surface area contributed by atoms with Gasteiger partial charge in [-0.25, -0.2) is 9.69 Å². The normalized spacial score (nSPS) is 20.5. The molecule has 0 unspecified atom stereocenters. The number of carbonyl (C=O) groups excluding carboxylic acids is 2. The number of amides is 2. The number of aliphatic hydroxyl groups is 1. The molecule has 1 saturated heterocycles. The summed E-state index contributed by atoms with van der Waals surface area (Å²) in [5, 5.41) is 10.1. The Balaban J connectivity index is 2.21. The highest BCUT2D eigenvalue weighted by atomic mass is 16.6. The number of aliphatic hydroxyl groups excluding tert-OH is 1. The van der Waals surface area contributed by atoms with E-state index in [-0.39, 0.29) is 18.6 Å². The summed E-state index contributed by atoms with van der Waals surface area (Å²) in [6, 6.07) is 8.23. The van der Waals surface area contributed by atoms with Gasteiger partial charge in [-0.3, -0.25) is 4.79 Å². The van der Waals surface area contributed by atoms with Gasteiger partial charge in [-0.2, -0.15) is 0 Å². The van der Waals surface area contributed by atoms with Gasteiger partial charge < -0.3 is 9.84 Å². The fourth-order valence-corrected chi connectivity index (χ4v) is 2.09. The van der Waals surface area contributed by atoms with Crippen molar-refractivity contribution in [2.75, 3.05) is 6.61 Å². The maximum atomic E-state index is 12.2. The van der Waals surface area contributed by atoms with Crippen LogP contribution >= 0.6 is 0 Å². The van der Waals surface area contributed by atoms with Gasteiger partial charge in [0.25, 0.3) is 5.91 Å². The average Bonchev–Trinajstić information content (AvgIpc) is 2.80. The topological polar surface area (TPSA) is 66.8 Å². The maximum Gasteiger partial charge on any atom is 0.417 e. The van der Waals surface area contributed by atoms with Crippen LogP contribution in [0.2, 0.25) is 0 Å². The van der Waals surface area contributed by atoms with Crippen LogP contribution in [0, 0.1) is 5.92 Å². The number of hydrogen-bond donors (Lipinski definition) is 1. The lowest BCUT2D eigenvalue weighted by Gasteiger charge is -2.24. The van der Waals surface area contributed by atoms with Crippen LogP contribution in [-0.2, 0) is 9.53 Å². The van der Waals surface area contributed by atoms with E-state index >= 15 is 0 Å². The first-order valence-corrected chi connectivity index (χ1v) is 6.25. The van der Waals surface area contributed by atoms with Crippen LogP contribution in [0.15, 0.2) is 30.3 Å². The van der Waals surface area contributed by atoms with E-state index in [1.165, 1.54) is 0 Å². The second kappa shape index (κ2) is 5.40. The van der Waals surface area contributed by atoms with E-state index in [0.29, 0.717) is 5.56 Å². The van der Waals surface area contributed by atoms with Gasteiger partial charge >= 0.3 is 6.09 Å². The van der Waals surface area contributed by atoms with E-state index in [4.69, 9.17) is 4.74 Å². The first-order chi connectivity index (χ1) is 9.02. The van der Waals surface area contributed by atoms with Gasteiger partial charge in [0.05, 0.1) is 6.04 Å². The van der Waals surface area contributed by atoms with Gasteiger partial charge in [-0.05, 0) is 11.5 Å². The number of ether oxygens (including phenoxy) is 1. The molecule has 102 valence electrons. The molecule has 0 aliphatic carbocycles. The number of carbonyl (C=O) groups is 2. The molecule has 1 heterocycles. The van der Waals surface area contributed by atoms with E-state index < -0.39 is 18.1 Å². The zero-order chi connectivity index (χ0) is 14.0. The Morgan fingerprint density at radius 1 is 1.37 bits per heavy atom. The summed E-state index contributed by atoms with van der Waals surface area (Å²) in [4.78, 5) is 24.9. The summed E-state index contributed by atoms with van der Waals surface area (Å²) in [7, 11) is 0. The second-order valence-corrected chi connectivity index (χ2v) is 4.91. The largest absolute Gasteiger partial charge is 0.447 e. The van der Waals surface area contributed by atoms with Crippen molar-refractivity contribution in [1.29, 1.82) is 0 Å². The predicted octanol–water partition coefficient (Wildman–Crippen LogP) is 1.72. The fraction of sp³-hybridized carbons (Fsp3) is 0.429. The van der Waals surface area contributed by atoms with Crippen LogP contribution in [0.1, 0.15) is 25.5 Å². The molecule has 5 nitrogen and oxygen atoms in total. The molecule has 1 aromatic rings. The number of cyclic esters (lactones) is 1. The molecule has 1 aromatic carbocycles. The molecule has 1 N–H and O–H groups in total. The molecule has 1 fully saturated rings. The summed E-state index contributed by atoms with van der Waals surface area (Å²) in [5.41, 5.74) is 0.467. The zero-order valence-electron chi connectivity index (χ0n) is 10.9. The molecule has 0 radical (unpaired) electrons. The molecular weight excluding hydrogens is 246 g/mol. The summed E-state index contributed by atoms with van der Waals surface area (Å²) < 4.78 is 4.90. The molecule has 2 amide bonds. The molecule has 2 rings (SSSR count). The molecule has 19 heavy (non-hydrogen) atoms. The maximum absolute atomic E-state index is 12.2. The van der Waals surface area contributed by atoms with Gasteiger partial charge in [0.2, 0.25) is 0 Å². The first-order valence-electron chi connectivity index (χ1n) is 6.25. The molecule has 0 spiro atoms. The minimum absolute atomic E-state index is 0.0818. The van der Waals surface area contributed by atoms with E-state index in [1.807, 2.05) is 13.8 Å². The van der Waals surface area contributed by atoms with E-state index in [1.54, 1.807) is 30.3 Å². The Kier molecular flexibility index (Phi) is 3.85. The minimum atomic E-state index is -1.34. The third-order valence-electron chi connectivity index (χ3n) is 3.26. The number of rotatable bonds is 3. The summed E-state index contributed by atoms with van der Waals surface area (Å²) in [6.07, 6.45) is -2.02. The van der Waals surface area contributed by atoms with Gasteiger partial charge in [-0.15, -0.1) is 0 Å². The summed E-state index contributed by atoms with van der Waals surface area (Å²) in [6.45, 7) is 3.99. The molecule has 1 aliphatic heterocycles. The minimum Gasteiger partial charge on any atom is -0.447 e. The molecule has 0 aromatic heterocycles. The Morgan fingerprint density at radius 3 is 2.58 bits per heavy atom. The van der Waals surface area contributed by atoms with Gasteiger partial charge in [0.15, 0.2) is 6.10 Å². The lowest BCUT2D eigenvalue weighted by atomic mass is 10.0. The Hall–Kier alpha value is -1.88. The van der Waals surface area contributed by atoms with Crippen LogP contribution in [0.25, 0.3) is 0 Å². The van der Waals surface area contributed by atoms with E-state index in [2.05, 4.69) is 0 Å². The van der Waals surface area contributed by atoms with E-state index in [9.17, 15) is 14.7 Å². The lowest BCUT2D eigenvalue weighted by Crippen LogP contribution is -2.44. The number of nitrogens with zero attached hydrogens (tertiary/aromatic N) is 1.